The molecule has 0 spiro atoms. The van der Waals surface area contributed by atoms with Gasteiger partial charge in [-0.05, 0) is 47.9 Å². The van der Waals surface area contributed by atoms with Gasteiger partial charge in [0.25, 0.3) is 0 Å². The van der Waals surface area contributed by atoms with Crippen LogP contribution in [-0.2, 0) is 0 Å². The number of rotatable bonds is 4. The SMILES string of the molecule is COc1ccc(-c2cccc3ncccc23)c(C(C)N2CC=NC2)c1. The van der Waals surface area contributed by atoms with Gasteiger partial charge in [0, 0.05) is 30.4 Å². The fourth-order valence-electron chi connectivity index (χ4n) is 3.46. The number of pyridine rings is 1. The molecule has 1 aromatic heterocycles. The average molecular weight is 331 g/mol. The molecule has 1 atom stereocenters. The number of fused-ring (bicyclic) bond motifs is 1. The van der Waals surface area contributed by atoms with Crippen LogP contribution in [0.4, 0.5) is 0 Å². The summed E-state index contributed by atoms with van der Waals surface area (Å²) < 4.78 is 5.48. The lowest BCUT2D eigenvalue weighted by atomic mass is 9.92. The molecule has 0 saturated heterocycles. The highest BCUT2D eigenvalue weighted by Crippen LogP contribution is 2.37. The van der Waals surface area contributed by atoms with E-state index in [9.17, 15) is 0 Å². The zero-order chi connectivity index (χ0) is 17.2. The third-order valence-corrected chi connectivity index (χ3v) is 4.90. The Kier molecular flexibility index (Phi) is 4.20. The smallest absolute Gasteiger partial charge is 0.119 e. The van der Waals surface area contributed by atoms with Crippen molar-refractivity contribution in [3.8, 4) is 16.9 Å². The zero-order valence-electron chi connectivity index (χ0n) is 14.5. The summed E-state index contributed by atoms with van der Waals surface area (Å²) in [6.45, 7) is 3.86. The molecule has 2 aromatic carbocycles. The number of hydrogen-bond donors (Lipinski definition) is 0. The van der Waals surface area contributed by atoms with Crippen LogP contribution in [0.2, 0.25) is 0 Å². The van der Waals surface area contributed by atoms with E-state index in [1.165, 1.54) is 22.1 Å². The predicted octanol–water partition coefficient (Wildman–Crippen LogP) is 4.32. The summed E-state index contributed by atoms with van der Waals surface area (Å²) in [5.41, 5.74) is 4.69. The van der Waals surface area contributed by atoms with Crippen molar-refractivity contribution >= 4 is 17.1 Å². The molecule has 4 heteroatoms. The number of nitrogens with zero attached hydrogens (tertiary/aromatic N) is 3. The summed E-state index contributed by atoms with van der Waals surface area (Å²) in [5, 5.41) is 1.17. The molecule has 0 amide bonds. The monoisotopic (exact) mass is 331 g/mol. The van der Waals surface area contributed by atoms with Crippen LogP contribution in [0.5, 0.6) is 5.75 Å². The van der Waals surface area contributed by atoms with Gasteiger partial charge in [0.2, 0.25) is 0 Å². The Morgan fingerprint density at radius 1 is 1.08 bits per heavy atom. The van der Waals surface area contributed by atoms with Crippen molar-refractivity contribution in [2.24, 2.45) is 4.99 Å². The third-order valence-electron chi connectivity index (χ3n) is 4.90. The molecule has 4 nitrogen and oxygen atoms in total. The summed E-state index contributed by atoms with van der Waals surface area (Å²) in [4.78, 5) is 11.2. The van der Waals surface area contributed by atoms with Crippen LogP contribution in [0, 0.1) is 0 Å². The molecule has 1 unspecified atom stereocenters. The quantitative estimate of drug-likeness (QED) is 0.715. The van der Waals surface area contributed by atoms with Crippen molar-refractivity contribution in [3.63, 3.8) is 0 Å². The van der Waals surface area contributed by atoms with Gasteiger partial charge in [-0.1, -0.05) is 24.3 Å². The standard InChI is InChI=1S/C21H21N3O/c1-15(24-12-11-22-14-24)20-13-16(25-2)8-9-18(20)17-5-3-7-21-19(17)6-4-10-23-21/h3-11,13,15H,12,14H2,1-2H3. The van der Waals surface area contributed by atoms with Crippen LogP contribution in [0.3, 0.4) is 0 Å². The second-order valence-corrected chi connectivity index (χ2v) is 6.28. The van der Waals surface area contributed by atoms with Crippen LogP contribution >= 0.6 is 0 Å². The van der Waals surface area contributed by atoms with E-state index in [1.54, 1.807) is 7.11 Å². The van der Waals surface area contributed by atoms with E-state index in [-0.39, 0.29) is 6.04 Å². The van der Waals surface area contributed by atoms with Gasteiger partial charge in [-0.3, -0.25) is 14.9 Å². The first kappa shape index (κ1) is 15.8. The highest BCUT2D eigenvalue weighted by atomic mass is 16.5. The summed E-state index contributed by atoms with van der Waals surface area (Å²) in [5.74, 6) is 0.879. The lowest BCUT2D eigenvalue weighted by Crippen LogP contribution is -2.25. The van der Waals surface area contributed by atoms with E-state index >= 15 is 0 Å². The van der Waals surface area contributed by atoms with Gasteiger partial charge in [-0.2, -0.15) is 0 Å². The van der Waals surface area contributed by atoms with E-state index in [2.05, 4.69) is 58.2 Å². The summed E-state index contributed by atoms with van der Waals surface area (Å²) in [6.07, 6.45) is 3.82. The first-order chi connectivity index (χ1) is 12.3. The molecule has 0 N–H and O–H groups in total. The van der Waals surface area contributed by atoms with E-state index in [0.717, 1.165) is 24.5 Å². The minimum absolute atomic E-state index is 0.250. The van der Waals surface area contributed by atoms with Gasteiger partial charge in [0.1, 0.15) is 5.75 Å². The Morgan fingerprint density at radius 3 is 2.80 bits per heavy atom. The molecular formula is C21H21N3O. The first-order valence-corrected chi connectivity index (χ1v) is 8.52. The van der Waals surface area contributed by atoms with Gasteiger partial charge in [0.15, 0.2) is 0 Å². The second-order valence-electron chi connectivity index (χ2n) is 6.28. The highest BCUT2D eigenvalue weighted by molar-refractivity contribution is 5.95. The average Bonchev–Trinajstić information content (AvgIpc) is 3.21. The van der Waals surface area contributed by atoms with Gasteiger partial charge in [-0.15, -0.1) is 0 Å². The summed E-state index contributed by atoms with van der Waals surface area (Å²) in [7, 11) is 1.71. The van der Waals surface area contributed by atoms with Crippen LogP contribution in [0.15, 0.2) is 59.7 Å². The second kappa shape index (κ2) is 6.65. The number of aromatic nitrogens is 1. The summed E-state index contributed by atoms with van der Waals surface area (Å²) in [6, 6.07) is 17.0. The van der Waals surface area contributed by atoms with E-state index in [0.29, 0.717) is 0 Å². The molecule has 0 bridgehead atoms. The van der Waals surface area contributed by atoms with E-state index in [4.69, 9.17) is 4.74 Å². The van der Waals surface area contributed by atoms with Crippen LogP contribution < -0.4 is 4.74 Å². The highest BCUT2D eigenvalue weighted by Gasteiger charge is 2.21. The van der Waals surface area contributed by atoms with Crippen LogP contribution in [0.25, 0.3) is 22.0 Å². The maximum absolute atomic E-state index is 5.48. The molecular weight excluding hydrogens is 310 g/mol. The van der Waals surface area contributed by atoms with Gasteiger partial charge in [0.05, 0.1) is 19.3 Å². The van der Waals surface area contributed by atoms with E-state index < -0.39 is 0 Å². The normalized spacial score (nSPS) is 15.6. The Morgan fingerprint density at radius 2 is 2.00 bits per heavy atom. The molecule has 126 valence electrons. The molecule has 0 radical (unpaired) electrons. The Hall–Kier alpha value is -2.72. The van der Waals surface area contributed by atoms with E-state index in [1.807, 2.05) is 24.5 Å². The Bertz CT molecular complexity index is 922. The Labute approximate surface area is 147 Å². The molecule has 0 aliphatic carbocycles. The van der Waals surface area contributed by atoms with Gasteiger partial charge < -0.3 is 4.74 Å². The van der Waals surface area contributed by atoms with Crippen molar-refractivity contribution in [3.05, 3.63) is 60.3 Å². The largest absolute Gasteiger partial charge is 0.497 e. The fraction of sp³-hybridized carbons (Fsp3) is 0.238. The maximum atomic E-state index is 5.48. The topological polar surface area (TPSA) is 37.7 Å². The zero-order valence-corrected chi connectivity index (χ0v) is 14.5. The number of methoxy groups -OCH3 is 1. The fourth-order valence-corrected chi connectivity index (χ4v) is 3.46. The summed E-state index contributed by atoms with van der Waals surface area (Å²) >= 11 is 0. The lowest BCUT2D eigenvalue weighted by Gasteiger charge is -2.26. The van der Waals surface area contributed by atoms with Crippen molar-refractivity contribution in [2.75, 3.05) is 20.3 Å². The molecule has 0 fully saturated rings. The van der Waals surface area contributed by atoms with Gasteiger partial charge in [-0.25, -0.2) is 0 Å². The van der Waals surface area contributed by atoms with Crippen molar-refractivity contribution < 1.29 is 4.74 Å². The molecule has 1 aliphatic heterocycles. The van der Waals surface area contributed by atoms with Crippen molar-refractivity contribution in [2.45, 2.75) is 13.0 Å². The van der Waals surface area contributed by atoms with Crippen molar-refractivity contribution in [1.82, 2.24) is 9.88 Å². The maximum Gasteiger partial charge on any atom is 0.119 e. The number of hydrogen-bond acceptors (Lipinski definition) is 4. The number of benzene rings is 2. The molecule has 4 rings (SSSR count). The lowest BCUT2D eigenvalue weighted by molar-refractivity contribution is 0.267. The molecule has 1 aliphatic rings. The third kappa shape index (κ3) is 2.89. The number of ether oxygens (including phenoxy) is 1. The number of aliphatic imine (C=N–C) groups is 1. The van der Waals surface area contributed by atoms with Crippen molar-refractivity contribution in [1.29, 1.82) is 0 Å². The predicted molar refractivity (Wildman–Crippen MR) is 102 cm³/mol. The molecule has 3 aromatic rings. The van der Waals surface area contributed by atoms with Gasteiger partial charge >= 0.3 is 0 Å². The first-order valence-electron chi connectivity index (χ1n) is 8.52. The molecule has 2 heterocycles. The minimum Gasteiger partial charge on any atom is -0.497 e. The molecule has 0 saturated carbocycles. The minimum atomic E-state index is 0.250. The Balaban J connectivity index is 1.88. The van der Waals surface area contributed by atoms with Crippen LogP contribution in [-0.4, -0.2) is 36.4 Å². The van der Waals surface area contributed by atoms with Crippen LogP contribution in [0.1, 0.15) is 18.5 Å². The molecule has 25 heavy (non-hydrogen) atoms.